The Morgan fingerprint density at radius 2 is 2.11 bits per heavy atom. The Morgan fingerprint density at radius 3 is 2.74 bits per heavy atom. The summed E-state index contributed by atoms with van der Waals surface area (Å²) in [5, 5.41) is 11.9. The number of aliphatic hydroxyl groups is 1. The molecule has 0 atom stereocenters. The van der Waals surface area contributed by atoms with Gasteiger partial charge in [-0.3, -0.25) is 0 Å². The van der Waals surface area contributed by atoms with Crippen molar-refractivity contribution in [3.63, 3.8) is 0 Å². The largest absolute Gasteiger partial charge is 0.463 e. The van der Waals surface area contributed by atoms with Gasteiger partial charge in [-0.25, -0.2) is 4.79 Å². The monoisotopic (exact) mass is 263 g/mol. The van der Waals surface area contributed by atoms with Gasteiger partial charge in [0, 0.05) is 19.2 Å². The van der Waals surface area contributed by atoms with E-state index in [0.29, 0.717) is 6.61 Å². The highest BCUT2D eigenvalue weighted by Crippen LogP contribution is 2.06. The van der Waals surface area contributed by atoms with Gasteiger partial charge in [-0.2, -0.15) is 0 Å². The lowest BCUT2D eigenvalue weighted by atomic mass is 10.1. The molecule has 1 aromatic rings. The van der Waals surface area contributed by atoms with Crippen molar-refractivity contribution in [1.29, 1.82) is 0 Å². The molecule has 0 amide bonds. The Labute approximate surface area is 114 Å². The fraction of sp³-hybridized carbons (Fsp3) is 0.400. The number of esters is 1. The molecule has 0 aliphatic rings. The van der Waals surface area contributed by atoms with E-state index in [0.717, 1.165) is 25.1 Å². The summed E-state index contributed by atoms with van der Waals surface area (Å²) in [6.07, 6.45) is 3.93. The molecule has 0 radical (unpaired) electrons. The van der Waals surface area contributed by atoms with Crippen molar-refractivity contribution in [2.75, 3.05) is 19.8 Å². The summed E-state index contributed by atoms with van der Waals surface area (Å²) in [6, 6.07) is 7.94. The number of nitrogens with one attached hydrogen (secondary N) is 1. The third-order valence-electron chi connectivity index (χ3n) is 2.52. The summed E-state index contributed by atoms with van der Waals surface area (Å²) in [6.45, 7) is 3.97. The van der Waals surface area contributed by atoms with E-state index in [4.69, 9.17) is 9.84 Å². The standard InChI is InChI=1S/C15H21NO3/c1-2-19-15(18)9-8-13-4-6-14(7-5-13)12-16-10-3-11-17/h4-9,16-17H,2-3,10-12H2,1H3. The van der Waals surface area contributed by atoms with E-state index in [-0.39, 0.29) is 12.6 Å². The van der Waals surface area contributed by atoms with E-state index in [1.165, 1.54) is 11.6 Å². The third kappa shape index (κ3) is 6.74. The van der Waals surface area contributed by atoms with Crippen LogP contribution in [0.25, 0.3) is 6.08 Å². The van der Waals surface area contributed by atoms with Crippen molar-refractivity contribution in [1.82, 2.24) is 5.32 Å². The summed E-state index contributed by atoms with van der Waals surface area (Å²) in [5.74, 6) is -0.322. The summed E-state index contributed by atoms with van der Waals surface area (Å²) >= 11 is 0. The molecule has 4 heteroatoms. The topological polar surface area (TPSA) is 58.6 Å². The molecule has 19 heavy (non-hydrogen) atoms. The van der Waals surface area contributed by atoms with Gasteiger partial charge in [0.25, 0.3) is 0 Å². The SMILES string of the molecule is CCOC(=O)C=Cc1ccc(CNCCCO)cc1. The molecule has 0 saturated carbocycles. The van der Waals surface area contributed by atoms with Crippen molar-refractivity contribution in [3.05, 3.63) is 41.5 Å². The van der Waals surface area contributed by atoms with Crippen molar-refractivity contribution >= 4 is 12.0 Å². The molecule has 4 nitrogen and oxygen atoms in total. The molecule has 0 aliphatic carbocycles. The number of rotatable bonds is 8. The van der Waals surface area contributed by atoms with Crippen molar-refractivity contribution in [2.45, 2.75) is 19.9 Å². The molecule has 0 heterocycles. The Morgan fingerprint density at radius 1 is 1.37 bits per heavy atom. The fourth-order valence-electron chi connectivity index (χ4n) is 1.54. The number of hydrogen-bond acceptors (Lipinski definition) is 4. The molecule has 0 fully saturated rings. The summed E-state index contributed by atoms with van der Waals surface area (Å²) in [4.78, 5) is 11.1. The maximum Gasteiger partial charge on any atom is 0.330 e. The van der Waals surface area contributed by atoms with E-state index in [9.17, 15) is 4.79 Å². The predicted octanol–water partition coefficient (Wildman–Crippen LogP) is 1.73. The van der Waals surface area contributed by atoms with E-state index in [2.05, 4.69) is 5.32 Å². The van der Waals surface area contributed by atoms with Gasteiger partial charge in [0.1, 0.15) is 0 Å². The van der Waals surface area contributed by atoms with Crippen LogP contribution in [0.2, 0.25) is 0 Å². The molecule has 0 spiro atoms. The van der Waals surface area contributed by atoms with Gasteiger partial charge in [-0.05, 0) is 37.1 Å². The highest BCUT2D eigenvalue weighted by molar-refractivity contribution is 5.86. The van der Waals surface area contributed by atoms with Gasteiger partial charge in [-0.1, -0.05) is 24.3 Å². The molecule has 0 aromatic heterocycles. The number of carbonyl (C=O) groups excluding carboxylic acids is 1. The Bertz CT molecular complexity index is 398. The number of ether oxygens (including phenoxy) is 1. The molecule has 0 bridgehead atoms. The average Bonchev–Trinajstić information content (AvgIpc) is 2.43. The fourth-order valence-corrected chi connectivity index (χ4v) is 1.54. The molecule has 1 aromatic carbocycles. The van der Waals surface area contributed by atoms with Crippen LogP contribution in [0.1, 0.15) is 24.5 Å². The zero-order chi connectivity index (χ0) is 13.9. The molecule has 0 saturated heterocycles. The van der Waals surface area contributed by atoms with Gasteiger partial charge >= 0.3 is 5.97 Å². The minimum atomic E-state index is -0.322. The van der Waals surface area contributed by atoms with Gasteiger partial charge in [0.05, 0.1) is 6.61 Å². The molecular weight excluding hydrogens is 242 g/mol. The Balaban J connectivity index is 2.40. The Hall–Kier alpha value is -1.65. The molecule has 104 valence electrons. The van der Waals surface area contributed by atoms with Crippen LogP contribution in [0.4, 0.5) is 0 Å². The highest BCUT2D eigenvalue weighted by atomic mass is 16.5. The average molecular weight is 263 g/mol. The van der Waals surface area contributed by atoms with Crippen LogP contribution in [-0.4, -0.2) is 30.8 Å². The second-order valence-electron chi connectivity index (χ2n) is 4.08. The van der Waals surface area contributed by atoms with E-state index in [1.807, 2.05) is 24.3 Å². The van der Waals surface area contributed by atoms with Crippen LogP contribution < -0.4 is 5.32 Å². The van der Waals surface area contributed by atoms with Crippen molar-refractivity contribution in [3.8, 4) is 0 Å². The normalized spacial score (nSPS) is 10.8. The maximum atomic E-state index is 11.1. The van der Waals surface area contributed by atoms with Crippen LogP contribution in [-0.2, 0) is 16.1 Å². The summed E-state index contributed by atoms with van der Waals surface area (Å²) in [5.41, 5.74) is 2.14. The molecule has 0 aliphatic heterocycles. The molecule has 0 unspecified atom stereocenters. The summed E-state index contributed by atoms with van der Waals surface area (Å²) < 4.78 is 4.81. The highest BCUT2D eigenvalue weighted by Gasteiger charge is 1.95. The lowest BCUT2D eigenvalue weighted by molar-refractivity contribution is -0.137. The zero-order valence-electron chi connectivity index (χ0n) is 11.3. The quantitative estimate of drug-likeness (QED) is 0.426. The first-order chi connectivity index (χ1) is 9.26. The number of hydrogen-bond donors (Lipinski definition) is 2. The first-order valence-electron chi connectivity index (χ1n) is 6.51. The van der Waals surface area contributed by atoms with E-state index >= 15 is 0 Å². The van der Waals surface area contributed by atoms with Gasteiger partial charge in [-0.15, -0.1) is 0 Å². The lowest BCUT2D eigenvalue weighted by Gasteiger charge is -2.04. The van der Waals surface area contributed by atoms with Crippen LogP contribution >= 0.6 is 0 Å². The molecular formula is C15H21NO3. The lowest BCUT2D eigenvalue weighted by Crippen LogP contribution is -2.15. The van der Waals surface area contributed by atoms with Gasteiger partial charge in [0.2, 0.25) is 0 Å². The second-order valence-corrected chi connectivity index (χ2v) is 4.08. The number of aliphatic hydroxyl groups excluding tert-OH is 1. The second kappa shape index (κ2) is 9.30. The van der Waals surface area contributed by atoms with Crippen LogP contribution in [0, 0.1) is 0 Å². The van der Waals surface area contributed by atoms with Crippen molar-refractivity contribution < 1.29 is 14.6 Å². The minimum Gasteiger partial charge on any atom is -0.463 e. The van der Waals surface area contributed by atoms with Crippen LogP contribution in [0.3, 0.4) is 0 Å². The van der Waals surface area contributed by atoms with E-state index in [1.54, 1.807) is 13.0 Å². The van der Waals surface area contributed by atoms with Crippen LogP contribution in [0.5, 0.6) is 0 Å². The third-order valence-corrected chi connectivity index (χ3v) is 2.52. The van der Waals surface area contributed by atoms with Crippen LogP contribution in [0.15, 0.2) is 30.3 Å². The van der Waals surface area contributed by atoms with Gasteiger partial charge in [0.15, 0.2) is 0 Å². The number of benzene rings is 1. The minimum absolute atomic E-state index is 0.213. The smallest absolute Gasteiger partial charge is 0.330 e. The summed E-state index contributed by atoms with van der Waals surface area (Å²) in [7, 11) is 0. The number of carbonyl (C=O) groups is 1. The predicted molar refractivity (Wildman–Crippen MR) is 75.5 cm³/mol. The first-order valence-corrected chi connectivity index (χ1v) is 6.51. The molecule has 2 N–H and O–H groups in total. The first kappa shape index (κ1) is 15.4. The van der Waals surface area contributed by atoms with E-state index < -0.39 is 0 Å². The van der Waals surface area contributed by atoms with Crippen molar-refractivity contribution in [2.24, 2.45) is 0 Å². The molecule has 1 rings (SSSR count). The maximum absolute atomic E-state index is 11.1. The Kier molecular flexibility index (Phi) is 7.54. The van der Waals surface area contributed by atoms with Gasteiger partial charge < -0.3 is 15.2 Å². The zero-order valence-corrected chi connectivity index (χ0v) is 11.3.